The average Bonchev–Trinajstić information content (AvgIpc) is 2.40. The third-order valence-electron chi connectivity index (χ3n) is 3.73. The summed E-state index contributed by atoms with van der Waals surface area (Å²) < 4.78 is 5.40. The Bertz CT molecular complexity index is 515. The average molecular weight is 291 g/mol. The Kier molecular flexibility index (Phi) is 4.30. The Morgan fingerprint density at radius 1 is 1.19 bits per heavy atom. The highest BCUT2D eigenvalue weighted by Gasteiger charge is 2.27. The molecule has 1 aliphatic rings. The number of carbonyl (C=O) groups excluding carboxylic acids is 1. The van der Waals surface area contributed by atoms with Gasteiger partial charge in [0.05, 0.1) is 11.4 Å². The van der Waals surface area contributed by atoms with E-state index in [-0.39, 0.29) is 6.09 Å². The molecule has 0 saturated carbocycles. The minimum absolute atomic E-state index is 0.224. The Morgan fingerprint density at radius 3 is 2.33 bits per heavy atom. The molecule has 5 heteroatoms. The van der Waals surface area contributed by atoms with Crippen molar-refractivity contribution in [2.45, 2.75) is 45.1 Å². The maximum Gasteiger partial charge on any atom is 0.410 e. The van der Waals surface area contributed by atoms with Crippen molar-refractivity contribution in [3.05, 3.63) is 23.8 Å². The van der Waals surface area contributed by atoms with Crippen LogP contribution in [0.15, 0.2) is 18.2 Å². The van der Waals surface area contributed by atoms with Crippen LogP contribution < -0.4 is 11.5 Å². The molecule has 0 atom stereocenters. The van der Waals surface area contributed by atoms with Gasteiger partial charge < -0.3 is 21.1 Å². The zero-order valence-corrected chi connectivity index (χ0v) is 13.1. The van der Waals surface area contributed by atoms with E-state index in [4.69, 9.17) is 16.2 Å². The molecule has 1 heterocycles. The third kappa shape index (κ3) is 4.03. The summed E-state index contributed by atoms with van der Waals surface area (Å²) in [7, 11) is 0. The number of nitrogen functional groups attached to an aromatic ring is 2. The molecule has 0 radical (unpaired) electrons. The number of carbonyl (C=O) groups is 1. The van der Waals surface area contributed by atoms with Crippen LogP contribution in [0.25, 0.3) is 0 Å². The van der Waals surface area contributed by atoms with Gasteiger partial charge in [-0.05, 0) is 57.2 Å². The number of nitrogens with zero attached hydrogens (tertiary/aromatic N) is 1. The van der Waals surface area contributed by atoms with Crippen LogP contribution in [0, 0.1) is 0 Å². The van der Waals surface area contributed by atoms with Gasteiger partial charge in [0.1, 0.15) is 5.60 Å². The fraction of sp³-hybridized carbons (Fsp3) is 0.562. The molecular formula is C16H25N3O2. The van der Waals surface area contributed by atoms with Gasteiger partial charge in [0.15, 0.2) is 0 Å². The molecule has 4 N–H and O–H groups in total. The molecule has 21 heavy (non-hydrogen) atoms. The van der Waals surface area contributed by atoms with Crippen LogP contribution in [0.3, 0.4) is 0 Å². The van der Waals surface area contributed by atoms with Gasteiger partial charge in [-0.15, -0.1) is 0 Å². The van der Waals surface area contributed by atoms with Gasteiger partial charge in [-0.1, -0.05) is 6.07 Å². The van der Waals surface area contributed by atoms with Crippen LogP contribution in [-0.2, 0) is 4.74 Å². The third-order valence-corrected chi connectivity index (χ3v) is 3.73. The van der Waals surface area contributed by atoms with Crippen molar-refractivity contribution in [2.75, 3.05) is 24.6 Å². The summed E-state index contributed by atoms with van der Waals surface area (Å²) in [4.78, 5) is 13.8. The topological polar surface area (TPSA) is 81.6 Å². The molecule has 116 valence electrons. The van der Waals surface area contributed by atoms with Crippen molar-refractivity contribution in [1.82, 2.24) is 4.90 Å². The molecule has 1 aliphatic heterocycles. The van der Waals surface area contributed by atoms with Crippen molar-refractivity contribution < 1.29 is 9.53 Å². The first-order valence-electron chi connectivity index (χ1n) is 7.39. The number of amides is 1. The van der Waals surface area contributed by atoms with Gasteiger partial charge in [0.25, 0.3) is 0 Å². The summed E-state index contributed by atoms with van der Waals surface area (Å²) in [6.07, 6.45) is 1.61. The van der Waals surface area contributed by atoms with E-state index in [0.29, 0.717) is 30.4 Å². The van der Waals surface area contributed by atoms with E-state index in [0.717, 1.165) is 12.8 Å². The lowest BCUT2D eigenvalue weighted by atomic mass is 9.89. The quantitative estimate of drug-likeness (QED) is 0.779. The molecule has 2 rings (SSSR count). The molecule has 0 unspecified atom stereocenters. The Hall–Kier alpha value is -1.91. The molecule has 0 aliphatic carbocycles. The second kappa shape index (κ2) is 5.84. The normalized spacial score (nSPS) is 16.8. The highest BCUT2D eigenvalue weighted by molar-refractivity contribution is 5.68. The SMILES string of the molecule is CC(C)(C)OC(=O)N1CCC(c2ccc(N)c(N)c2)CC1. The maximum absolute atomic E-state index is 12.0. The molecule has 1 aromatic rings. The van der Waals surface area contributed by atoms with Crippen LogP contribution in [0.5, 0.6) is 0 Å². The van der Waals surface area contributed by atoms with E-state index < -0.39 is 5.60 Å². The van der Waals surface area contributed by atoms with E-state index in [2.05, 4.69) is 0 Å². The van der Waals surface area contributed by atoms with E-state index in [1.165, 1.54) is 5.56 Å². The van der Waals surface area contributed by atoms with Crippen LogP contribution in [0.2, 0.25) is 0 Å². The summed E-state index contributed by atoms with van der Waals surface area (Å²) in [5.74, 6) is 0.423. The lowest BCUT2D eigenvalue weighted by Crippen LogP contribution is -2.41. The molecule has 5 nitrogen and oxygen atoms in total. The number of anilines is 2. The van der Waals surface area contributed by atoms with Gasteiger partial charge in [-0.25, -0.2) is 4.79 Å². The fourth-order valence-corrected chi connectivity index (χ4v) is 2.57. The highest BCUT2D eigenvalue weighted by atomic mass is 16.6. The minimum atomic E-state index is -0.445. The fourth-order valence-electron chi connectivity index (χ4n) is 2.57. The number of ether oxygens (including phenoxy) is 1. The van der Waals surface area contributed by atoms with E-state index >= 15 is 0 Å². The van der Waals surface area contributed by atoms with Crippen molar-refractivity contribution in [2.24, 2.45) is 0 Å². The largest absolute Gasteiger partial charge is 0.444 e. The molecule has 1 aromatic carbocycles. The van der Waals surface area contributed by atoms with Crippen LogP contribution >= 0.6 is 0 Å². The lowest BCUT2D eigenvalue weighted by molar-refractivity contribution is 0.0205. The van der Waals surface area contributed by atoms with E-state index in [9.17, 15) is 4.79 Å². The molecule has 0 aromatic heterocycles. The first-order valence-corrected chi connectivity index (χ1v) is 7.39. The number of likely N-dealkylation sites (tertiary alicyclic amines) is 1. The number of hydrogen-bond donors (Lipinski definition) is 2. The maximum atomic E-state index is 12.0. The van der Waals surface area contributed by atoms with Gasteiger partial charge in [0, 0.05) is 13.1 Å². The second-order valence-corrected chi connectivity index (χ2v) is 6.63. The molecular weight excluding hydrogens is 266 g/mol. The van der Waals surface area contributed by atoms with Crippen molar-refractivity contribution in [3.63, 3.8) is 0 Å². The zero-order valence-electron chi connectivity index (χ0n) is 13.1. The summed E-state index contributed by atoms with van der Waals surface area (Å²) in [5, 5.41) is 0. The van der Waals surface area contributed by atoms with Crippen LogP contribution in [0.1, 0.15) is 45.1 Å². The lowest BCUT2D eigenvalue weighted by Gasteiger charge is -2.33. The molecule has 1 fully saturated rings. The summed E-state index contributed by atoms with van der Waals surface area (Å²) in [6.45, 7) is 7.08. The predicted molar refractivity (Wildman–Crippen MR) is 85.0 cm³/mol. The monoisotopic (exact) mass is 291 g/mol. The van der Waals surface area contributed by atoms with Gasteiger partial charge in [-0.2, -0.15) is 0 Å². The molecule has 0 spiro atoms. The number of rotatable bonds is 1. The molecule has 1 amide bonds. The smallest absolute Gasteiger partial charge is 0.410 e. The number of benzene rings is 1. The van der Waals surface area contributed by atoms with Crippen LogP contribution in [-0.4, -0.2) is 29.7 Å². The Labute approximate surface area is 126 Å². The standard InChI is InChI=1S/C16H25N3O2/c1-16(2,3)21-15(20)19-8-6-11(7-9-19)12-4-5-13(17)14(18)10-12/h4-5,10-11H,6-9,17-18H2,1-3H3. The van der Waals surface area contributed by atoms with E-state index in [1.54, 1.807) is 4.90 Å². The number of piperidine rings is 1. The number of nitrogens with two attached hydrogens (primary N) is 2. The Balaban J connectivity index is 1.94. The predicted octanol–water partition coefficient (Wildman–Crippen LogP) is 2.97. The first kappa shape index (κ1) is 15.5. The van der Waals surface area contributed by atoms with Crippen molar-refractivity contribution in [1.29, 1.82) is 0 Å². The van der Waals surface area contributed by atoms with Crippen molar-refractivity contribution in [3.8, 4) is 0 Å². The molecule has 0 bridgehead atoms. The summed E-state index contributed by atoms with van der Waals surface area (Å²) >= 11 is 0. The molecule has 1 saturated heterocycles. The zero-order chi connectivity index (χ0) is 15.6. The summed E-state index contributed by atoms with van der Waals surface area (Å²) in [5.41, 5.74) is 13.6. The van der Waals surface area contributed by atoms with Crippen LogP contribution in [0.4, 0.5) is 16.2 Å². The minimum Gasteiger partial charge on any atom is -0.444 e. The number of hydrogen-bond acceptors (Lipinski definition) is 4. The first-order chi connectivity index (χ1) is 9.76. The Morgan fingerprint density at radius 2 is 1.81 bits per heavy atom. The summed E-state index contributed by atoms with van der Waals surface area (Å²) in [6, 6.07) is 5.83. The van der Waals surface area contributed by atoms with Crippen molar-refractivity contribution >= 4 is 17.5 Å². The highest BCUT2D eigenvalue weighted by Crippen LogP contribution is 2.31. The van der Waals surface area contributed by atoms with Gasteiger partial charge in [0.2, 0.25) is 0 Å². The van der Waals surface area contributed by atoms with Gasteiger partial charge >= 0.3 is 6.09 Å². The van der Waals surface area contributed by atoms with Gasteiger partial charge in [-0.3, -0.25) is 0 Å². The van der Waals surface area contributed by atoms with E-state index in [1.807, 2.05) is 39.0 Å². The second-order valence-electron chi connectivity index (χ2n) is 6.63.